The third-order valence-electron chi connectivity index (χ3n) is 2.73. The molecule has 0 fully saturated rings. The Balaban J connectivity index is 1.94. The lowest BCUT2D eigenvalue weighted by atomic mass is 10.1. The van der Waals surface area contributed by atoms with Gasteiger partial charge in [0.15, 0.2) is 6.61 Å². The average Bonchev–Trinajstić information content (AvgIpc) is 2.43. The van der Waals surface area contributed by atoms with Gasteiger partial charge in [-0.3, -0.25) is 9.78 Å². The van der Waals surface area contributed by atoms with Crippen molar-refractivity contribution in [2.24, 2.45) is 0 Å². The zero-order valence-electron chi connectivity index (χ0n) is 11.3. The Bertz CT molecular complexity index is 592. The molecule has 0 atom stereocenters. The molecule has 2 rings (SSSR count). The molecule has 2 aromatic rings. The highest BCUT2D eigenvalue weighted by Crippen LogP contribution is 2.26. The third-order valence-corrected chi connectivity index (χ3v) is 3.98. The van der Waals surface area contributed by atoms with Crippen molar-refractivity contribution in [3.05, 3.63) is 52.3 Å². The van der Waals surface area contributed by atoms with E-state index in [2.05, 4.69) is 26.2 Å². The van der Waals surface area contributed by atoms with Gasteiger partial charge in [-0.25, -0.2) is 0 Å². The number of halogens is 1. The first-order valence-electron chi connectivity index (χ1n) is 6.15. The number of carbonyl (C=O) groups excluding carboxylic acids is 1. The largest absolute Gasteiger partial charge is 0.484 e. The van der Waals surface area contributed by atoms with Crippen molar-refractivity contribution in [3.63, 3.8) is 0 Å². The summed E-state index contributed by atoms with van der Waals surface area (Å²) in [4.78, 5) is 15.7. The second kappa shape index (κ2) is 6.52. The number of benzene rings is 1. The summed E-state index contributed by atoms with van der Waals surface area (Å²) in [6.45, 7) is 3.94. The lowest BCUT2D eigenvalue weighted by Gasteiger charge is -2.10. The SMILES string of the molecule is Cc1cc(OCC(=O)Nc2cccnc2)cc(C)c1Br. The Kier molecular flexibility index (Phi) is 4.74. The predicted octanol–water partition coefficient (Wildman–Crippen LogP) is 3.48. The van der Waals surface area contributed by atoms with Crippen LogP contribution < -0.4 is 10.1 Å². The fourth-order valence-corrected chi connectivity index (χ4v) is 2.00. The minimum absolute atomic E-state index is 0.0323. The fourth-order valence-electron chi connectivity index (χ4n) is 1.77. The van der Waals surface area contributed by atoms with Crippen molar-refractivity contribution in [1.82, 2.24) is 4.98 Å². The summed E-state index contributed by atoms with van der Waals surface area (Å²) in [5.74, 6) is 0.473. The van der Waals surface area contributed by atoms with Crippen LogP contribution in [0, 0.1) is 13.8 Å². The summed E-state index contributed by atoms with van der Waals surface area (Å²) >= 11 is 3.50. The number of carbonyl (C=O) groups is 1. The highest BCUT2D eigenvalue weighted by molar-refractivity contribution is 9.10. The van der Waals surface area contributed by atoms with Crippen molar-refractivity contribution < 1.29 is 9.53 Å². The van der Waals surface area contributed by atoms with Crippen LogP contribution in [-0.4, -0.2) is 17.5 Å². The van der Waals surface area contributed by atoms with E-state index >= 15 is 0 Å². The summed E-state index contributed by atoms with van der Waals surface area (Å²) < 4.78 is 6.56. The van der Waals surface area contributed by atoms with Crippen LogP contribution in [0.15, 0.2) is 41.1 Å². The van der Waals surface area contributed by atoms with Crippen molar-refractivity contribution >= 4 is 27.5 Å². The molecule has 4 nitrogen and oxygen atoms in total. The van der Waals surface area contributed by atoms with E-state index in [1.54, 1.807) is 24.5 Å². The average molecular weight is 335 g/mol. The Morgan fingerprint density at radius 3 is 2.65 bits per heavy atom. The van der Waals surface area contributed by atoms with Crippen LogP contribution in [0.4, 0.5) is 5.69 Å². The van der Waals surface area contributed by atoms with Gasteiger partial charge in [-0.2, -0.15) is 0 Å². The van der Waals surface area contributed by atoms with E-state index in [9.17, 15) is 4.79 Å². The van der Waals surface area contributed by atoms with Gasteiger partial charge >= 0.3 is 0 Å². The van der Waals surface area contributed by atoms with Gasteiger partial charge in [-0.05, 0) is 49.2 Å². The summed E-state index contributed by atoms with van der Waals surface area (Å²) in [5, 5.41) is 2.72. The number of rotatable bonds is 4. The molecular formula is C15H15BrN2O2. The van der Waals surface area contributed by atoms with Crippen LogP contribution in [0.5, 0.6) is 5.75 Å². The number of hydrogen-bond acceptors (Lipinski definition) is 3. The number of aromatic nitrogens is 1. The van der Waals surface area contributed by atoms with E-state index in [-0.39, 0.29) is 12.5 Å². The normalized spacial score (nSPS) is 10.2. The first kappa shape index (κ1) is 14.5. The van der Waals surface area contributed by atoms with Gasteiger partial charge in [-0.15, -0.1) is 0 Å². The lowest BCUT2D eigenvalue weighted by Crippen LogP contribution is -2.20. The molecule has 1 aromatic heterocycles. The van der Waals surface area contributed by atoms with Crippen LogP contribution in [0.2, 0.25) is 0 Å². The molecule has 0 radical (unpaired) electrons. The van der Waals surface area contributed by atoms with E-state index in [0.717, 1.165) is 15.6 Å². The number of nitrogens with one attached hydrogen (secondary N) is 1. The zero-order valence-corrected chi connectivity index (χ0v) is 12.9. The predicted molar refractivity (Wildman–Crippen MR) is 82.0 cm³/mol. The fraction of sp³-hybridized carbons (Fsp3) is 0.200. The number of pyridine rings is 1. The Hall–Kier alpha value is -1.88. The van der Waals surface area contributed by atoms with E-state index in [1.165, 1.54) is 0 Å². The molecule has 0 saturated carbocycles. The smallest absolute Gasteiger partial charge is 0.262 e. The highest BCUT2D eigenvalue weighted by atomic mass is 79.9. The maximum Gasteiger partial charge on any atom is 0.262 e. The summed E-state index contributed by atoms with van der Waals surface area (Å²) in [5.41, 5.74) is 2.81. The van der Waals surface area contributed by atoms with Crippen LogP contribution in [-0.2, 0) is 4.79 Å². The molecule has 20 heavy (non-hydrogen) atoms. The zero-order chi connectivity index (χ0) is 14.5. The van der Waals surface area contributed by atoms with Crippen LogP contribution in [0.3, 0.4) is 0 Å². The molecule has 1 N–H and O–H groups in total. The Labute approximate surface area is 126 Å². The number of amides is 1. The van der Waals surface area contributed by atoms with Crippen LogP contribution >= 0.6 is 15.9 Å². The molecule has 0 aliphatic rings. The minimum Gasteiger partial charge on any atom is -0.484 e. The molecule has 0 aliphatic carbocycles. The second-order valence-corrected chi connectivity index (χ2v) is 5.24. The third kappa shape index (κ3) is 3.81. The number of ether oxygens (including phenoxy) is 1. The molecule has 1 heterocycles. The van der Waals surface area contributed by atoms with Gasteiger partial charge in [0.05, 0.1) is 11.9 Å². The van der Waals surface area contributed by atoms with Crippen molar-refractivity contribution in [2.45, 2.75) is 13.8 Å². The van der Waals surface area contributed by atoms with Gasteiger partial charge in [0, 0.05) is 10.7 Å². The number of anilines is 1. The van der Waals surface area contributed by atoms with Gasteiger partial charge < -0.3 is 10.1 Å². The van der Waals surface area contributed by atoms with Crippen LogP contribution in [0.25, 0.3) is 0 Å². The molecule has 0 aliphatic heterocycles. The first-order chi connectivity index (χ1) is 9.56. The van der Waals surface area contributed by atoms with Gasteiger partial charge in [0.1, 0.15) is 5.75 Å². The number of aryl methyl sites for hydroxylation is 2. The standard InChI is InChI=1S/C15H15BrN2O2/c1-10-6-13(7-11(2)15(10)16)20-9-14(19)18-12-4-3-5-17-8-12/h3-8H,9H2,1-2H3,(H,18,19). The van der Waals surface area contributed by atoms with Gasteiger partial charge in [0.25, 0.3) is 5.91 Å². The maximum absolute atomic E-state index is 11.7. The van der Waals surface area contributed by atoms with Gasteiger partial charge in [0.2, 0.25) is 0 Å². The van der Waals surface area contributed by atoms with Crippen LogP contribution in [0.1, 0.15) is 11.1 Å². The first-order valence-corrected chi connectivity index (χ1v) is 6.95. The summed E-state index contributed by atoms with van der Waals surface area (Å²) in [6.07, 6.45) is 3.24. The van der Waals surface area contributed by atoms with E-state index in [1.807, 2.05) is 26.0 Å². The molecule has 0 unspecified atom stereocenters. The van der Waals surface area contributed by atoms with Crippen molar-refractivity contribution in [2.75, 3.05) is 11.9 Å². The monoisotopic (exact) mass is 334 g/mol. The molecule has 104 valence electrons. The summed E-state index contributed by atoms with van der Waals surface area (Å²) in [7, 11) is 0. The van der Waals surface area contributed by atoms with E-state index in [0.29, 0.717) is 11.4 Å². The summed E-state index contributed by atoms with van der Waals surface area (Å²) in [6, 6.07) is 7.33. The molecule has 0 bridgehead atoms. The molecule has 1 aromatic carbocycles. The second-order valence-electron chi connectivity index (χ2n) is 4.45. The minimum atomic E-state index is -0.212. The highest BCUT2D eigenvalue weighted by Gasteiger charge is 2.06. The quantitative estimate of drug-likeness (QED) is 0.931. The van der Waals surface area contributed by atoms with E-state index < -0.39 is 0 Å². The maximum atomic E-state index is 11.7. The molecule has 0 spiro atoms. The van der Waals surface area contributed by atoms with Crippen molar-refractivity contribution in [3.8, 4) is 5.75 Å². The Morgan fingerprint density at radius 1 is 1.35 bits per heavy atom. The van der Waals surface area contributed by atoms with Crippen molar-refractivity contribution in [1.29, 1.82) is 0 Å². The molecular weight excluding hydrogens is 320 g/mol. The number of nitrogens with zero attached hydrogens (tertiary/aromatic N) is 1. The lowest BCUT2D eigenvalue weighted by molar-refractivity contribution is -0.118. The molecule has 1 amide bonds. The Morgan fingerprint density at radius 2 is 2.05 bits per heavy atom. The molecule has 5 heteroatoms. The number of hydrogen-bond donors (Lipinski definition) is 1. The molecule has 0 saturated heterocycles. The van der Waals surface area contributed by atoms with Gasteiger partial charge in [-0.1, -0.05) is 15.9 Å². The van der Waals surface area contributed by atoms with E-state index in [4.69, 9.17) is 4.74 Å². The topological polar surface area (TPSA) is 51.2 Å².